The van der Waals surface area contributed by atoms with E-state index in [-0.39, 0.29) is 38.1 Å². The summed E-state index contributed by atoms with van der Waals surface area (Å²) < 4.78 is 110. The monoisotopic (exact) mass is 495 g/mol. The van der Waals surface area contributed by atoms with Gasteiger partial charge in [0.2, 0.25) is 10.0 Å². The van der Waals surface area contributed by atoms with Crippen molar-refractivity contribution in [2.75, 3.05) is 13.1 Å². The predicted octanol–water partition coefficient (Wildman–Crippen LogP) is 4.87. The van der Waals surface area contributed by atoms with Crippen molar-refractivity contribution in [3.8, 4) is 0 Å². The maximum Gasteiger partial charge on any atom is 0.417 e. The molecule has 2 aromatic carbocycles. The second-order valence-electron chi connectivity index (χ2n) is 7.48. The molecule has 0 unspecified atom stereocenters. The Labute approximate surface area is 186 Å². The van der Waals surface area contributed by atoms with Crippen molar-refractivity contribution in [1.29, 1.82) is 0 Å². The number of sulfonamides is 1. The Morgan fingerprint density at radius 2 is 1.58 bits per heavy atom. The van der Waals surface area contributed by atoms with E-state index in [0.29, 0.717) is 6.07 Å². The molecule has 1 aliphatic rings. The summed E-state index contributed by atoms with van der Waals surface area (Å²) in [6.45, 7) is -0.782. The molecular formula is C21H19F6NO4S. The molecule has 33 heavy (non-hydrogen) atoms. The number of piperidine rings is 1. The highest BCUT2D eigenvalue weighted by molar-refractivity contribution is 7.89. The molecule has 2 aromatic rings. The molecule has 1 fully saturated rings. The van der Waals surface area contributed by atoms with Crippen LogP contribution in [0.2, 0.25) is 0 Å². The van der Waals surface area contributed by atoms with Gasteiger partial charge in [0.25, 0.3) is 0 Å². The van der Waals surface area contributed by atoms with E-state index in [1.54, 1.807) is 0 Å². The van der Waals surface area contributed by atoms with Crippen LogP contribution in [0.5, 0.6) is 0 Å². The van der Waals surface area contributed by atoms with Crippen molar-refractivity contribution >= 4 is 16.0 Å². The summed E-state index contributed by atoms with van der Waals surface area (Å²) in [5.41, 5.74) is -2.01. The Bertz CT molecular complexity index is 1110. The smallest absolute Gasteiger partial charge is 0.417 e. The molecule has 3 rings (SSSR count). The van der Waals surface area contributed by atoms with Crippen LogP contribution in [0.1, 0.15) is 29.5 Å². The fourth-order valence-corrected chi connectivity index (χ4v) is 5.19. The van der Waals surface area contributed by atoms with Gasteiger partial charge >= 0.3 is 18.3 Å². The van der Waals surface area contributed by atoms with E-state index in [0.717, 1.165) is 28.6 Å². The second-order valence-corrected chi connectivity index (χ2v) is 9.38. The summed E-state index contributed by atoms with van der Waals surface area (Å²) in [5.74, 6) is -1.43. The van der Waals surface area contributed by atoms with E-state index in [9.17, 15) is 39.6 Å². The van der Waals surface area contributed by atoms with Gasteiger partial charge in [-0.1, -0.05) is 24.3 Å². The van der Waals surface area contributed by atoms with E-state index in [2.05, 4.69) is 0 Å². The van der Waals surface area contributed by atoms with Crippen LogP contribution in [0.3, 0.4) is 0 Å². The Morgan fingerprint density at radius 1 is 0.939 bits per heavy atom. The van der Waals surface area contributed by atoms with Crippen LogP contribution in [-0.4, -0.2) is 31.8 Å². The Balaban J connectivity index is 1.62. The summed E-state index contributed by atoms with van der Waals surface area (Å²) >= 11 is 0. The van der Waals surface area contributed by atoms with Gasteiger partial charge in [-0.15, -0.1) is 0 Å². The molecular weight excluding hydrogens is 476 g/mol. The fraction of sp³-hybridized carbons (Fsp3) is 0.381. The maximum absolute atomic E-state index is 13.2. The van der Waals surface area contributed by atoms with E-state index < -0.39 is 50.3 Å². The molecule has 1 saturated heterocycles. The molecule has 0 aromatic heterocycles. The minimum Gasteiger partial charge on any atom is -0.461 e. The summed E-state index contributed by atoms with van der Waals surface area (Å²) in [7, 11) is -4.44. The van der Waals surface area contributed by atoms with Crippen LogP contribution in [0.15, 0.2) is 53.4 Å². The van der Waals surface area contributed by atoms with Gasteiger partial charge in [0, 0.05) is 13.1 Å². The topological polar surface area (TPSA) is 63.7 Å². The molecule has 0 radical (unpaired) electrons. The molecule has 0 bridgehead atoms. The first-order valence-electron chi connectivity index (χ1n) is 9.79. The molecule has 5 nitrogen and oxygen atoms in total. The first-order valence-corrected chi connectivity index (χ1v) is 11.2. The molecule has 0 amide bonds. The molecule has 12 heteroatoms. The van der Waals surface area contributed by atoms with Crippen molar-refractivity contribution in [3.05, 3.63) is 65.2 Å². The standard InChI is InChI=1S/C21H19F6NO4S/c22-20(23,24)16-5-3-4-14(12-16)13-32-19(29)15-8-10-28(11-9-15)33(30,31)18-7-2-1-6-17(18)21(25,26)27/h1-7,12,15H,8-11,13H2. The zero-order valence-electron chi connectivity index (χ0n) is 17.0. The summed E-state index contributed by atoms with van der Waals surface area (Å²) in [6, 6.07) is 8.16. The van der Waals surface area contributed by atoms with Crippen molar-refractivity contribution in [1.82, 2.24) is 4.31 Å². The van der Waals surface area contributed by atoms with Crippen molar-refractivity contribution < 1.29 is 44.3 Å². The number of benzene rings is 2. The molecule has 1 heterocycles. The number of rotatable bonds is 5. The first-order chi connectivity index (χ1) is 15.3. The van der Waals surface area contributed by atoms with Crippen molar-refractivity contribution in [3.63, 3.8) is 0 Å². The third kappa shape index (κ3) is 5.85. The number of nitrogens with zero attached hydrogens (tertiary/aromatic N) is 1. The molecule has 0 spiro atoms. The van der Waals surface area contributed by atoms with Gasteiger partial charge in [-0.05, 0) is 42.7 Å². The van der Waals surface area contributed by atoms with Gasteiger partial charge in [-0.25, -0.2) is 8.42 Å². The molecule has 0 atom stereocenters. The highest BCUT2D eigenvalue weighted by Gasteiger charge is 2.40. The number of halogens is 6. The van der Waals surface area contributed by atoms with Crippen LogP contribution < -0.4 is 0 Å². The molecule has 1 aliphatic heterocycles. The lowest BCUT2D eigenvalue weighted by atomic mass is 9.98. The highest BCUT2D eigenvalue weighted by atomic mass is 32.2. The van der Waals surface area contributed by atoms with Crippen LogP contribution in [0.25, 0.3) is 0 Å². The largest absolute Gasteiger partial charge is 0.461 e. The normalized spacial score (nSPS) is 16.5. The molecule has 0 saturated carbocycles. The number of esters is 1. The molecule has 0 aliphatic carbocycles. The third-order valence-electron chi connectivity index (χ3n) is 5.23. The van der Waals surface area contributed by atoms with Crippen LogP contribution >= 0.6 is 0 Å². The zero-order chi connectivity index (χ0) is 24.4. The fourth-order valence-electron chi connectivity index (χ4n) is 3.51. The summed E-state index contributed by atoms with van der Waals surface area (Å²) in [6.07, 6.45) is -9.37. The van der Waals surface area contributed by atoms with Gasteiger partial charge in [0.05, 0.1) is 21.9 Å². The van der Waals surface area contributed by atoms with Crippen LogP contribution in [0.4, 0.5) is 26.3 Å². The Morgan fingerprint density at radius 3 is 2.18 bits per heavy atom. The van der Waals surface area contributed by atoms with Crippen molar-refractivity contribution in [2.24, 2.45) is 5.92 Å². The minimum absolute atomic E-state index is 0.00877. The third-order valence-corrected chi connectivity index (χ3v) is 7.19. The van der Waals surface area contributed by atoms with Gasteiger partial charge in [0.15, 0.2) is 0 Å². The van der Waals surface area contributed by atoms with E-state index in [1.165, 1.54) is 18.2 Å². The number of ether oxygens (including phenoxy) is 1. The SMILES string of the molecule is O=C(OCc1cccc(C(F)(F)F)c1)C1CCN(S(=O)(=O)c2ccccc2C(F)(F)F)CC1. The van der Waals surface area contributed by atoms with E-state index in [1.807, 2.05) is 0 Å². The summed E-state index contributed by atoms with van der Waals surface area (Å²) in [5, 5.41) is 0. The van der Waals surface area contributed by atoms with Crippen molar-refractivity contribution in [2.45, 2.75) is 36.7 Å². The number of hydrogen-bond donors (Lipinski definition) is 0. The number of carbonyl (C=O) groups is 1. The average Bonchev–Trinajstić information content (AvgIpc) is 2.76. The van der Waals surface area contributed by atoms with Crippen LogP contribution in [-0.2, 0) is 38.5 Å². The first kappa shape index (κ1) is 25.0. The zero-order valence-corrected chi connectivity index (χ0v) is 17.8. The lowest BCUT2D eigenvalue weighted by molar-refractivity contribution is -0.151. The number of hydrogen-bond acceptors (Lipinski definition) is 4. The second kappa shape index (κ2) is 9.34. The molecule has 180 valence electrons. The highest BCUT2D eigenvalue weighted by Crippen LogP contribution is 2.36. The van der Waals surface area contributed by atoms with Gasteiger partial charge in [-0.3, -0.25) is 4.79 Å². The lowest BCUT2D eigenvalue weighted by Gasteiger charge is -2.30. The Hall–Kier alpha value is -2.60. The van der Waals surface area contributed by atoms with Gasteiger partial charge < -0.3 is 4.74 Å². The number of alkyl halides is 6. The predicted molar refractivity (Wildman–Crippen MR) is 104 cm³/mol. The average molecular weight is 495 g/mol. The maximum atomic E-state index is 13.2. The van der Waals surface area contributed by atoms with Gasteiger partial charge in [-0.2, -0.15) is 30.6 Å². The van der Waals surface area contributed by atoms with Gasteiger partial charge in [0.1, 0.15) is 6.61 Å². The lowest BCUT2D eigenvalue weighted by Crippen LogP contribution is -2.41. The van der Waals surface area contributed by atoms with E-state index in [4.69, 9.17) is 4.74 Å². The Kier molecular flexibility index (Phi) is 7.08. The molecule has 0 N–H and O–H groups in total. The number of carbonyl (C=O) groups excluding carboxylic acids is 1. The quantitative estimate of drug-likeness (QED) is 0.439. The summed E-state index contributed by atoms with van der Waals surface area (Å²) in [4.78, 5) is 11.4. The van der Waals surface area contributed by atoms with Crippen LogP contribution in [0, 0.1) is 5.92 Å². The minimum atomic E-state index is -4.85. The van der Waals surface area contributed by atoms with E-state index >= 15 is 0 Å².